The fourth-order valence-electron chi connectivity index (χ4n) is 3.44. The van der Waals surface area contributed by atoms with Gasteiger partial charge in [0.25, 0.3) is 5.91 Å². The average Bonchev–Trinajstić information content (AvgIpc) is 2.68. The van der Waals surface area contributed by atoms with Crippen LogP contribution in [0, 0.1) is 0 Å². The third-order valence-corrected chi connectivity index (χ3v) is 4.96. The summed E-state index contributed by atoms with van der Waals surface area (Å²) < 4.78 is 0. The van der Waals surface area contributed by atoms with Crippen LogP contribution in [-0.2, 0) is 0 Å². The highest BCUT2D eigenvalue weighted by Gasteiger charge is 2.21. The first-order valence-electron chi connectivity index (χ1n) is 9.23. The number of nitrogens with zero attached hydrogens (tertiary/aromatic N) is 2. The molecule has 1 N–H and O–H groups in total. The predicted octanol–water partition coefficient (Wildman–Crippen LogP) is 4.31. The summed E-state index contributed by atoms with van der Waals surface area (Å²) in [5.74, 6) is -0.249. The summed E-state index contributed by atoms with van der Waals surface area (Å²) in [5.41, 5.74) is 2.74. The van der Waals surface area contributed by atoms with E-state index in [0.717, 1.165) is 18.7 Å². The molecule has 1 aliphatic rings. The van der Waals surface area contributed by atoms with E-state index in [1.165, 1.54) is 26.2 Å². The van der Waals surface area contributed by atoms with Gasteiger partial charge in [-0.05, 0) is 69.0 Å². The van der Waals surface area contributed by atoms with Crippen molar-refractivity contribution in [1.29, 1.82) is 0 Å². The summed E-state index contributed by atoms with van der Waals surface area (Å²) >= 11 is 0. The van der Waals surface area contributed by atoms with Crippen LogP contribution in [0.2, 0.25) is 0 Å². The number of pyridine rings is 1. The van der Waals surface area contributed by atoms with Crippen molar-refractivity contribution in [2.24, 2.45) is 0 Å². The maximum atomic E-state index is 12.4. The molecular formula is C21H25N3O2. The van der Waals surface area contributed by atoms with Crippen LogP contribution in [0.25, 0.3) is 0 Å². The number of carbonyl (C=O) groups excluding carboxylic acids is 2. The molecule has 0 bridgehead atoms. The molecule has 1 atom stereocenters. The normalized spacial score (nSPS) is 17.0. The molecule has 2 heterocycles. The van der Waals surface area contributed by atoms with E-state index >= 15 is 0 Å². The number of aromatic nitrogens is 1. The summed E-state index contributed by atoms with van der Waals surface area (Å²) in [6.07, 6.45) is 6.62. The number of carbonyl (C=O) groups is 2. The van der Waals surface area contributed by atoms with Gasteiger partial charge in [0.05, 0.1) is 11.9 Å². The molecule has 0 aliphatic carbocycles. The molecule has 5 heteroatoms. The van der Waals surface area contributed by atoms with E-state index in [1.807, 2.05) is 6.07 Å². The number of piperidine rings is 1. The average molecular weight is 351 g/mol. The van der Waals surface area contributed by atoms with Gasteiger partial charge in [0.15, 0.2) is 5.78 Å². The van der Waals surface area contributed by atoms with Gasteiger partial charge in [-0.25, -0.2) is 4.98 Å². The van der Waals surface area contributed by atoms with Crippen LogP contribution >= 0.6 is 0 Å². The van der Waals surface area contributed by atoms with Gasteiger partial charge < -0.3 is 10.2 Å². The molecule has 0 saturated carbocycles. The first-order valence-corrected chi connectivity index (χ1v) is 9.23. The lowest BCUT2D eigenvalue weighted by Gasteiger charge is -2.37. The summed E-state index contributed by atoms with van der Waals surface area (Å²) in [5, 5.41) is 2.82. The molecule has 0 radical (unpaired) electrons. The third kappa shape index (κ3) is 4.10. The number of amides is 1. The third-order valence-electron chi connectivity index (χ3n) is 4.96. The largest absolute Gasteiger partial charge is 0.367 e. The molecule has 5 nitrogen and oxygen atoms in total. The van der Waals surface area contributed by atoms with Crippen LogP contribution in [0.15, 0.2) is 42.6 Å². The van der Waals surface area contributed by atoms with Crippen LogP contribution < -0.4 is 10.2 Å². The van der Waals surface area contributed by atoms with Crippen LogP contribution in [-0.4, -0.2) is 29.3 Å². The number of ketones is 1. The van der Waals surface area contributed by atoms with Crippen LogP contribution in [0.4, 0.5) is 11.4 Å². The molecule has 0 spiro atoms. The van der Waals surface area contributed by atoms with E-state index in [1.54, 1.807) is 36.5 Å². The van der Waals surface area contributed by atoms with E-state index in [0.29, 0.717) is 23.0 Å². The Morgan fingerprint density at radius 3 is 2.54 bits per heavy atom. The Hall–Kier alpha value is -2.69. The zero-order valence-corrected chi connectivity index (χ0v) is 15.4. The number of hydrogen-bond donors (Lipinski definition) is 1. The highest BCUT2D eigenvalue weighted by Crippen LogP contribution is 2.26. The Kier molecular flexibility index (Phi) is 5.66. The van der Waals surface area contributed by atoms with E-state index in [9.17, 15) is 9.59 Å². The van der Waals surface area contributed by atoms with E-state index in [4.69, 9.17) is 0 Å². The lowest BCUT2D eigenvalue weighted by molar-refractivity contribution is 0.101. The van der Waals surface area contributed by atoms with Gasteiger partial charge >= 0.3 is 0 Å². The van der Waals surface area contributed by atoms with Crippen molar-refractivity contribution in [1.82, 2.24) is 4.98 Å². The molecule has 1 fully saturated rings. The van der Waals surface area contributed by atoms with E-state index in [2.05, 4.69) is 22.1 Å². The van der Waals surface area contributed by atoms with Gasteiger partial charge in [-0.15, -0.1) is 0 Å². The summed E-state index contributed by atoms with van der Waals surface area (Å²) in [6.45, 7) is 4.79. The minimum atomic E-state index is -0.252. The van der Waals surface area contributed by atoms with Gasteiger partial charge in [-0.2, -0.15) is 0 Å². The second-order valence-electron chi connectivity index (χ2n) is 6.74. The smallest absolute Gasteiger partial charge is 0.274 e. The molecule has 1 aromatic heterocycles. The van der Waals surface area contributed by atoms with Gasteiger partial charge in [0, 0.05) is 23.8 Å². The van der Waals surface area contributed by atoms with E-state index in [-0.39, 0.29) is 11.7 Å². The summed E-state index contributed by atoms with van der Waals surface area (Å²) in [6, 6.07) is 11.2. The number of hydrogen-bond acceptors (Lipinski definition) is 4. The Morgan fingerprint density at radius 1 is 1.15 bits per heavy atom. The maximum absolute atomic E-state index is 12.4. The zero-order chi connectivity index (χ0) is 18.5. The number of nitrogens with one attached hydrogen (secondary N) is 1. The molecule has 26 heavy (non-hydrogen) atoms. The zero-order valence-electron chi connectivity index (χ0n) is 15.4. The fraction of sp³-hybridized carbons (Fsp3) is 0.381. The van der Waals surface area contributed by atoms with E-state index < -0.39 is 0 Å². The van der Waals surface area contributed by atoms with Crippen molar-refractivity contribution in [3.8, 4) is 0 Å². The van der Waals surface area contributed by atoms with Crippen molar-refractivity contribution < 1.29 is 9.59 Å². The molecule has 3 rings (SSSR count). The molecular weight excluding hydrogens is 326 g/mol. The minimum absolute atomic E-state index is 0.00299. The van der Waals surface area contributed by atoms with Crippen molar-refractivity contribution in [2.75, 3.05) is 16.8 Å². The summed E-state index contributed by atoms with van der Waals surface area (Å²) in [7, 11) is 0. The lowest BCUT2D eigenvalue weighted by Crippen LogP contribution is -2.39. The fourth-order valence-corrected chi connectivity index (χ4v) is 3.44. The topological polar surface area (TPSA) is 62.3 Å². The molecule has 1 unspecified atom stereocenters. The number of anilines is 2. The van der Waals surface area contributed by atoms with Crippen molar-refractivity contribution in [3.05, 3.63) is 53.9 Å². The Balaban J connectivity index is 1.67. The van der Waals surface area contributed by atoms with Crippen LogP contribution in [0.3, 0.4) is 0 Å². The second kappa shape index (κ2) is 8.13. The molecule has 1 saturated heterocycles. The van der Waals surface area contributed by atoms with Gasteiger partial charge in [0.1, 0.15) is 5.69 Å². The second-order valence-corrected chi connectivity index (χ2v) is 6.74. The Bertz CT molecular complexity index is 769. The first-order chi connectivity index (χ1) is 12.6. The predicted molar refractivity (Wildman–Crippen MR) is 104 cm³/mol. The van der Waals surface area contributed by atoms with Crippen molar-refractivity contribution in [3.63, 3.8) is 0 Å². The van der Waals surface area contributed by atoms with Gasteiger partial charge in [0.2, 0.25) is 0 Å². The highest BCUT2D eigenvalue weighted by molar-refractivity contribution is 6.03. The molecule has 136 valence electrons. The number of benzene rings is 1. The molecule has 1 aliphatic heterocycles. The standard InChI is InChI=1S/C21H25N3O2/c1-3-18-6-4-5-13-24(18)19-11-12-20(22-14-19)21(26)23-17-9-7-16(8-10-17)15(2)25/h7-12,14,18H,3-6,13H2,1-2H3,(H,23,26). The monoisotopic (exact) mass is 351 g/mol. The number of rotatable bonds is 5. The lowest BCUT2D eigenvalue weighted by atomic mass is 9.99. The number of Topliss-reactive ketones (excluding diaryl/α,β-unsaturated/α-hetero) is 1. The Labute approximate surface area is 154 Å². The summed E-state index contributed by atoms with van der Waals surface area (Å²) in [4.78, 5) is 30.5. The quantitative estimate of drug-likeness (QED) is 0.816. The molecule has 2 aromatic rings. The SMILES string of the molecule is CCC1CCCCN1c1ccc(C(=O)Nc2ccc(C(C)=O)cc2)nc1. The van der Waals surface area contributed by atoms with Crippen molar-refractivity contribution in [2.45, 2.75) is 45.6 Å². The van der Waals surface area contributed by atoms with Gasteiger partial charge in [-0.1, -0.05) is 6.92 Å². The first kappa shape index (κ1) is 18.1. The van der Waals surface area contributed by atoms with Crippen molar-refractivity contribution >= 4 is 23.1 Å². The van der Waals surface area contributed by atoms with Crippen LogP contribution in [0.1, 0.15) is 60.4 Å². The van der Waals surface area contributed by atoms with Crippen LogP contribution in [0.5, 0.6) is 0 Å². The minimum Gasteiger partial charge on any atom is -0.367 e. The maximum Gasteiger partial charge on any atom is 0.274 e. The molecule has 1 amide bonds. The Morgan fingerprint density at radius 2 is 1.92 bits per heavy atom. The highest BCUT2D eigenvalue weighted by atomic mass is 16.2. The molecule has 1 aromatic carbocycles. The van der Waals surface area contributed by atoms with Gasteiger partial charge in [-0.3, -0.25) is 9.59 Å².